The Morgan fingerprint density at radius 1 is 1.32 bits per heavy atom. The number of carbonyl (C=O) groups excluding carboxylic acids is 1. The van der Waals surface area contributed by atoms with Crippen molar-refractivity contribution >= 4 is 17.5 Å². The summed E-state index contributed by atoms with van der Waals surface area (Å²) in [4.78, 5) is 23.6. The van der Waals surface area contributed by atoms with E-state index in [-0.39, 0.29) is 11.8 Å². The average molecular weight is 342 g/mol. The molecule has 4 rings (SSSR count). The number of aromatic nitrogens is 4. The molecule has 25 heavy (non-hydrogen) atoms. The maximum absolute atomic E-state index is 12.3. The third kappa shape index (κ3) is 3.07. The van der Waals surface area contributed by atoms with Crippen molar-refractivity contribution < 1.29 is 4.79 Å². The van der Waals surface area contributed by atoms with Crippen molar-refractivity contribution in [3.63, 3.8) is 0 Å². The van der Waals surface area contributed by atoms with Gasteiger partial charge in [0.2, 0.25) is 5.91 Å². The second-order valence-corrected chi connectivity index (χ2v) is 7.09. The summed E-state index contributed by atoms with van der Waals surface area (Å²) in [5.74, 6) is 2.20. The van der Waals surface area contributed by atoms with Gasteiger partial charge in [-0.3, -0.25) is 4.79 Å². The lowest BCUT2D eigenvalue weighted by molar-refractivity contribution is -0.125. The highest BCUT2D eigenvalue weighted by atomic mass is 16.1. The van der Waals surface area contributed by atoms with Crippen molar-refractivity contribution in [1.82, 2.24) is 24.9 Å². The van der Waals surface area contributed by atoms with Crippen molar-refractivity contribution in [3.8, 4) is 0 Å². The summed E-state index contributed by atoms with van der Waals surface area (Å²) in [6.45, 7) is 4.71. The van der Waals surface area contributed by atoms with Gasteiger partial charge in [0.25, 0.3) is 5.78 Å². The van der Waals surface area contributed by atoms with E-state index in [2.05, 4.69) is 32.2 Å². The standard InChI is InChI=1S/C18H26N6O/c1-2-3-9-19-16(25)13-7-10-23(11-8-13)17-14-5-4-6-15(14)22-18-20-12-21-24(17)18/h12-13H,2-11H2,1H3,(H,19,25). The smallest absolute Gasteiger partial charge is 0.254 e. The van der Waals surface area contributed by atoms with E-state index in [1.807, 2.05) is 4.52 Å². The van der Waals surface area contributed by atoms with Crippen molar-refractivity contribution in [1.29, 1.82) is 0 Å². The molecular weight excluding hydrogens is 316 g/mol. The van der Waals surface area contributed by atoms with Gasteiger partial charge in [-0.05, 0) is 38.5 Å². The number of carbonyl (C=O) groups is 1. The molecule has 2 aromatic rings. The summed E-state index contributed by atoms with van der Waals surface area (Å²) >= 11 is 0. The molecule has 1 N–H and O–H groups in total. The van der Waals surface area contributed by atoms with Crippen LogP contribution in [0.1, 0.15) is 50.3 Å². The molecule has 1 fully saturated rings. The van der Waals surface area contributed by atoms with Crippen molar-refractivity contribution in [2.75, 3.05) is 24.5 Å². The molecule has 0 unspecified atom stereocenters. The molecule has 7 heteroatoms. The predicted molar refractivity (Wildman–Crippen MR) is 95.7 cm³/mol. The molecule has 7 nitrogen and oxygen atoms in total. The van der Waals surface area contributed by atoms with Crippen LogP contribution in [0.5, 0.6) is 0 Å². The van der Waals surface area contributed by atoms with Crippen LogP contribution < -0.4 is 10.2 Å². The van der Waals surface area contributed by atoms with Crippen LogP contribution in [0.4, 0.5) is 5.82 Å². The summed E-state index contributed by atoms with van der Waals surface area (Å²) in [7, 11) is 0. The Morgan fingerprint density at radius 3 is 2.96 bits per heavy atom. The zero-order chi connectivity index (χ0) is 17.2. The number of hydrogen-bond donors (Lipinski definition) is 1. The number of fused-ring (bicyclic) bond motifs is 2. The molecule has 1 aliphatic heterocycles. The fraction of sp³-hybridized carbons (Fsp3) is 0.667. The van der Waals surface area contributed by atoms with Gasteiger partial charge >= 0.3 is 0 Å². The lowest BCUT2D eigenvalue weighted by atomic mass is 9.95. The minimum absolute atomic E-state index is 0.134. The van der Waals surface area contributed by atoms with E-state index in [1.54, 1.807) is 6.33 Å². The van der Waals surface area contributed by atoms with Crippen LogP contribution in [0.3, 0.4) is 0 Å². The molecule has 2 aromatic heterocycles. The predicted octanol–water partition coefficient (Wildman–Crippen LogP) is 1.75. The lowest BCUT2D eigenvalue weighted by Crippen LogP contribution is -2.41. The molecule has 0 atom stereocenters. The van der Waals surface area contributed by atoms with E-state index in [0.717, 1.165) is 70.4 Å². The van der Waals surface area contributed by atoms with E-state index >= 15 is 0 Å². The molecule has 0 radical (unpaired) electrons. The molecule has 0 saturated carbocycles. The molecule has 1 amide bonds. The molecule has 1 aliphatic carbocycles. The van der Waals surface area contributed by atoms with Gasteiger partial charge in [-0.25, -0.2) is 4.98 Å². The number of unbranched alkanes of at least 4 members (excludes halogenated alkanes) is 1. The SMILES string of the molecule is CCCCNC(=O)C1CCN(c2c3c(nc4ncnn24)CCC3)CC1. The van der Waals surface area contributed by atoms with Gasteiger partial charge in [-0.15, -0.1) is 0 Å². The Hall–Kier alpha value is -2.18. The van der Waals surface area contributed by atoms with Crippen molar-refractivity contribution in [2.24, 2.45) is 5.92 Å². The first-order chi connectivity index (χ1) is 12.3. The summed E-state index contributed by atoms with van der Waals surface area (Å²) in [5.41, 5.74) is 2.50. The Morgan fingerprint density at radius 2 is 2.16 bits per heavy atom. The summed E-state index contributed by atoms with van der Waals surface area (Å²) < 4.78 is 1.88. The lowest BCUT2D eigenvalue weighted by Gasteiger charge is -2.34. The second-order valence-electron chi connectivity index (χ2n) is 7.09. The normalized spacial score (nSPS) is 17.9. The highest BCUT2D eigenvalue weighted by molar-refractivity contribution is 5.79. The van der Waals surface area contributed by atoms with Crippen molar-refractivity contribution in [3.05, 3.63) is 17.6 Å². The van der Waals surface area contributed by atoms with Gasteiger partial charge < -0.3 is 10.2 Å². The minimum atomic E-state index is 0.134. The van der Waals surface area contributed by atoms with Crippen LogP contribution in [-0.4, -0.2) is 45.1 Å². The monoisotopic (exact) mass is 342 g/mol. The summed E-state index contributed by atoms with van der Waals surface area (Å²) in [6, 6.07) is 0. The Bertz CT molecular complexity index is 762. The maximum atomic E-state index is 12.3. The quantitative estimate of drug-likeness (QED) is 0.838. The molecule has 1 saturated heterocycles. The molecular formula is C18H26N6O. The van der Waals surface area contributed by atoms with Crippen LogP contribution >= 0.6 is 0 Å². The molecule has 3 heterocycles. The number of aryl methyl sites for hydroxylation is 1. The Labute approximate surface area is 147 Å². The van der Waals surface area contributed by atoms with Gasteiger partial charge in [0, 0.05) is 31.1 Å². The molecule has 0 spiro atoms. The fourth-order valence-corrected chi connectivity index (χ4v) is 4.01. The largest absolute Gasteiger partial charge is 0.356 e. The van der Waals surface area contributed by atoms with Gasteiger partial charge in [-0.1, -0.05) is 13.3 Å². The fourth-order valence-electron chi connectivity index (χ4n) is 4.01. The first-order valence-electron chi connectivity index (χ1n) is 9.52. The Balaban J connectivity index is 1.49. The van der Waals surface area contributed by atoms with Crippen molar-refractivity contribution in [2.45, 2.75) is 51.9 Å². The molecule has 2 aliphatic rings. The number of hydrogen-bond acceptors (Lipinski definition) is 5. The first kappa shape index (κ1) is 16.3. The van der Waals surface area contributed by atoms with Crippen LogP contribution in [-0.2, 0) is 17.6 Å². The number of rotatable bonds is 5. The summed E-state index contributed by atoms with van der Waals surface area (Å²) in [6.07, 6.45) is 8.77. The van der Waals surface area contributed by atoms with E-state index in [1.165, 1.54) is 11.3 Å². The zero-order valence-corrected chi connectivity index (χ0v) is 14.9. The number of amides is 1. The van der Waals surface area contributed by atoms with Gasteiger partial charge in [0.15, 0.2) is 0 Å². The minimum Gasteiger partial charge on any atom is -0.356 e. The van der Waals surface area contributed by atoms with Gasteiger partial charge in [-0.2, -0.15) is 14.6 Å². The van der Waals surface area contributed by atoms with Crippen LogP contribution in [0, 0.1) is 5.92 Å². The number of anilines is 1. The van der Waals surface area contributed by atoms with E-state index in [4.69, 9.17) is 0 Å². The molecule has 134 valence electrons. The van der Waals surface area contributed by atoms with Crippen LogP contribution in [0.25, 0.3) is 5.78 Å². The highest BCUT2D eigenvalue weighted by Gasteiger charge is 2.30. The topological polar surface area (TPSA) is 75.4 Å². The average Bonchev–Trinajstić information content (AvgIpc) is 3.28. The van der Waals surface area contributed by atoms with Crippen LogP contribution in [0.2, 0.25) is 0 Å². The van der Waals surface area contributed by atoms with Gasteiger partial charge in [0.1, 0.15) is 12.1 Å². The second kappa shape index (κ2) is 6.98. The molecule has 0 aromatic carbocycles. The Kier molecular flexibility index (Phi) is 4.55. The third-order valence-electron chi connectivity index (χ3n) is 5.42. The maximum Gasteiger partial charge on any atom is 0.254 e. The van der Waals surface area contributed by atoms with Gasteiger partial charge in [0.05, 0.1) is 5.69 Å². The number of nitrogens with one attached hydrogen (secondary N) is 1. The third-order valence-corrected chi connectivity index (χ3v) is 5.42. The zero-order valence-electron chi connectivity index (χ0n) is 14.9. The first-order valence-corrected chi connectivity index (χ1v) is 9.52. The van der Waals surface area contributed by atoms with Crippen LogP contribution in [0.15, 0.2) is 6.33 Å². The molecule has 0 bridgehead atoms. The van der Waals surface area contributed by atoms with E-state index in [0.29, 0.717) is 5.78 Å². The number of nitrogens with zero attached hydrogens (tertiary/aromatic N) is 5. The van der Waals surface area contributed by atoms with E-state index in [9.17, 15) is 4.79 Å². The summed E-state index contributed by atoms with van der Waals surface area (Å²) in [5, 5.41) is 7.48. The van der Waals surface area contributed by atoms with E-state index < -0.39 is 0 Å². The highest BCUT2D eigenvalue weighted by Crippen LogP contribution is 2.32. The number of piperidine rings is 1.